The van der Waals surface area contributed by atoms with E-state index in [0.29, 0.717) is 6.42 Å². The lowest BCUT2D eigenvalue weighted by Crippen LogP contribution is -2.50. The van der Waals surface area contributed by atoms with Crippen molar-refractivity contribution in [3.05, 3.63) is 29.8 Å². The summed E-state index contributed by atoms with van der Waals surface area (Å²) >= 11 is 0. The SMILES string of the molecule is [B][B]C(=O)C(Cc1ccc(O)cc1)NC(C)(C)C. The van der Waals surface area contributed by atoms with Crippen LogP contribution < -0.4 is 5.32 Å². The first-order valence-corrected chi connectivity index (χ1v) is 5.96. The van der Waals surface area contributed by atoms with Gasteiger partial charge in [-0.2, -0.15) is 0 Å². The maximum atomic E-state index is 11.8. The van der Waals surface area contributed by atoms with Crippen LogP contribution in [0.5, 0.6) is 5.75 Å². The first-order chi connectivity index (χ1) is 8.31. The fourth-order valence-corrected chi connectivity index (χ4v) is 1.73. The van der Waals surface area contributed by atoms with E-state index in [1.807, 2.05) is 20.8 Å². The van der Waals surface area contributed by atoms with E-state index in [9.17, 15) is 9.90 Å². The third kappa shape index (κ3) is 4.96. The van der Waals surface area contributed by atoms with Crippen LogP contribution in [-0.2, 0) is 11.2 Å². The Labute approximate surface area is 111 Å². The third-order valence-corrected chi connectivity index (χ3v) is 2.49. The summed E-state index contributed by atoms with van der Waals surface area (Å²) in [5, 5.41) is 12.5. The number of benzene rings is 1. The summed E-state index contributed by atoms with van der Waals surface area (Å²) in [6, 6.07) is 6.48. The van der Waals surface area contributed by atoms with Crippen molar-refractivity contribution in [2.75, 3.05) is 0 Å². The Bertz CT molecular complexity index is 398. The van der Waals surface area contributed by atoms with E-state index in [-0.39, 0.29) is 23.0 Å². The molecular formula is C13H18B2NO2. The van der Waals surface area contributed by atoms with Crippen molar-refractivity contribution in [3.8, 4) is 5.75 Å². The van der Waals surface area contributed by atoms with E-state index in [4.69, 9.17) is 7.74 Å². The number of phenolic OH excluding ortho intramolecular Hbond substituents is 1. The largest absolute Gasteiger partial charge is 0.508 e. The molecule has 5 heteroatoms. The van der Waals surface area contributed by atoms with E-state index in [2.05, 4.69) is 5.32 Å². The highest BCUT2D eigenvalue weighted by Gasteiger charge is 2.22. The molecule has 0 saturated carbocycles. The number of carbonyl (C=O) groups excluding carboxylic acids is 1. The zero-order valence-corrected chi connectivity index (χ0v) is 11.1. The van der Waals surface area contributed by atoms with Crippen molar-refractivity contribution >= 4 is 20.6 Å². The molecule has 0 spiro atoms. The molecule has 1 rings (SSSR count). The summed E-state index contributed by atoms with van der Waals surface area (Å²) in [4.78, 5) is 11.8. The van der Waals surface area contributed by atoms with Gasteiger partial charge in [0.05, 0.1) is 11.7 Å². The van der Waals surface area contributed by atoms with Gasteiger partial charge in [-0.15, -0.1) is 0 Å². The van der Waals surface area contributed by atoms with Crippen LogP contribution in [0.15, 0.2) is 24.3 Å². The average molecular weight is 242 g/mol. The van der Waals surface area contributed by atoms with Gasteiger partial charge in [0, 0.05) is 13.3 Å². The second-order valence-electron chi connectivity index (χ2n) is 5.39. The Kier molecular flexibility index (Phi) is 5.03. The zero-order valence-electron chi connectivity index (χ0n) is 11.1. The highest BCUT2D eigenvalue weighted by molar-refractivity contribution is 7.08. The van der Waals surface area contributed by atoms with Crippen LogP contribution in [0.25, 0.3) is 0 Å². The summed E-state index contributed by atoms with van der Waals surface area (Å²) in [6.07, 6.45) is 0.546. The molecule has 93 valence electrons. The van der Waals surface area contributed by atoms with Crippen LogP contribution in [0.1, 0.15) is 26.3 Å². The van der Waals surface area contributed by atoms with Crippen LogP contribution in [-0.4, -0.2) is 37.3 Å². The van der Waals surface area contributed by atoms with Crippen molar-refractivity contribution in [3.63, 3.8) is 0 Å². The molecule has 0 saturated heterocycles. The first kappa shape index (κ1) is 14.8. The predicted molar refractivity (Wildman–Crippen MR) is 75.0 cm³/mol. The number of nitrogens with one attached hydrogen (secondary N) is 1. The minimum Gasteiger partial charge on any atom is -0.508 e. The first-order valence-electron chi connectivity index (χ1n) is 5.96. The van der Waals surface area contributed by atoms with Crippen molar-refractivity contribution in [1.29, 1.82) is 0 Å². The van der Waals surface area contributed by atoms with E-state index in [0.717, 1.165) is 12.7 Å². The van der Waals surface area contributed by atoms with Crippen LogP contribution in [0, 0.1) is 0 Å². The maximum absolute atomic E-state index is 11.8. The summed E-state index contributed by atoms with van der Waals surface area (Å²) in [5.74, 6) is 0.218. The molecule has 0 aliphatic rings. The Balaban J connectivity index is 2.78. The zero-order chi connectivity index (χ0) is 13.8. The molecular weight excluding hydrogens is 224 g/mol. The molecule has 0 fully saturated rings. The van der Waals surface area contributed by atoms with Gasteiger partial charge < -0.3 is 15.2 Å². The van der Waals surface area contributed by atoms with Gasteiger partial charge in [0.15, 0.2) is 0 Å². The quantitative estimate of drug-likeness (QED) is 0.757. The number of hydrogen-bond acceptors (Lipinski definition) is 3. The van der Waals surface area contributed by atoms with Gasteiger partial charge >= 0.3 is 0 Å². The monoisotopic (exact) mass is 242 g/mol. The third-order valence-electron chi connectivity index (χ3n) is 2.49. The number of carbonyl (C=O) groups is 1. The Morgan fingerprint density at radius 2 is 1.94 bits per heavy atom. The molecule has 0 heterocycles. The van der Waals surface area contributed by atoms with Gasteiger partial charge in [-0.1, -0.05) is 12.1 Å². The lowest BCUT2D eigenvalue weighted by Gasteiger charge is -2.28. The summed E-state index contributed by atoms with van der Waals surface area (Å²) < 4.78 is 0. The number of aromatic hydroxyl groups is 1. The van der Waals surface area contributed by atoms with Crippen molar-refractivity contribution in [2.45, 2.75) is 38.8 Å². The maximum Gasteiger partial charge on any atom is 0.148 e. The fraction of sp³-hybridized carbons (Fsp3) is 0.462. The molecule has 1 unspecified atom stereocenters. The van der Waals surface area contributed by atoms with Crippen molar-refractivity contribution in [2.24, 2.45) is 0 Å². The van der Waals surface area contributed by atoms with Gasteiger partial charge in [-0.25, -0.2) is 0 Å². The summed E-state index contributed by atoms with van der Waals surface area (Å²) in [6.45, 7) is 6.00. The summed E-state index contributed by atoms with van der Waals surface area (Å²) in [7, 11) is 6.42. The van der Waals surface area contributed by atoms with E-state index < -0.39 is 0 Å². The lowest BCUT2D eigenvalue weighted by molar-refractivity contribution is -0.114. The number of hydrogen-bond donors (Lipinski definition) is 2. The lowest BCUT2D eigenvalue weighted by atomic mass is 9.51. The van der Waals surface area contributed by atoms with Crippen LogP contribution >= 0.6 is 0 Å². The molecule has 0 amide bonds. The van der Waals surface area contributed by atoms with E-state index in [1.165, 1.54) is 0 Å². The molecule has 3 nitrogen and oxygen atoms in total. The van der Waals surface area contributed by atoms with Crippen LogP contribution in [0.3, 0.4) is 0 Å². The average Bonchev–Trinajstić information content (AvgIpc) is 2.28. The molecule has 0 aliphatic heterocycles. The number of phenols is 1. The minimum atomic E-state index is -0.348. The van der Waals surface area contributed by atoms with Crippen LogP contribution in [0.4, 0.5) is 0 Å². The van der Waals surface area contributed by atoms with Crippen molar-refractivity contribution in [1.82, 2.24) is 5.32 Å². The molecule has 1 aromatic rings. The molecule has 0 aliphatic carbocycles. The Hall–Kier alpha value is -1.22. The minimum absolute atomic E-state index is 0.127. The smallest absolute Gasteiger partial charge is 0.148 e. The second-order valence-corrected chi connectivity index (χ2v) is 5.39. The van der Waals surface area contributed by atoms with E-state index in [1.54, 1.807) is 24.3 Å². The standard InChI is InChI=1S/C13H18B2NO2/c1-13(2,3)16-11(12(18)15-14)8-9-4-6-10(17)7-5-9/h4-7,11,16-17H,8H2,1-3H3. The molecule has 18 heavy (non-hydrogen) atoms. The van der Waals surface area contributed by atoms with Crippen molar-refractivity contribution < 1.29 is 9.90 Å². The van der Waals surface area contributed by atoms with Gasteiger partial charge in [0.2, 0.25) is 0 Å². The highest BCUT2D eigenvalue weighted by atomic mass is 16.3. The molecule has 2 N–H and O–H groups in total. The fourth-order valence-electron chi connectivity index (χ4n) is 1.73. The molecule has 1 aromatic carbocycles. The van der Waals surface area contributed by atoms with E-state index >= 15 is 0 Å². The normalized spacial score (nSPS) is 13.1. The molecule has 1 atom stereocenters. The Morgan fingerprint density at radius 3 is 2.39 bits per heavy atom. The van der Waals surface area contributed by atoms with Gasteiger partial charge in [-0.3, -0.25) is 0 Å². The number of rotatable bonds is 5. The predicted octanol–water partition coefficient (Wildman–Crippen LogP) is 1.01. The highest BCUT2D eigenvalue weighted by Crippen LogP contribution is 2.13. The van der Waals surface area contributed by atoms with Gasteiger partial charge in [0.1, 0.15) is 12.9 Å². The molecule has 0 aromatic heterocycles. The summed E-state index contributed by atoms with van der Waals surface area (Å²) in [5.41, 5.74) is 0.683. The second kappa shape index (κ2) is 6.10. The van der Waals surface area contributed by atoms with Gasteiger partial charge in [-0.05, 0) is 44.9 Å². The molecule has 0 bridgehead atoms. The topological polar surface area (TPSA) is 49.3 Å². The van der Waals surface area contributed by atoms with Crippen LogP contribution in [0.2, 0.25) is 0 Å². The van der Waals surface area contributed by atoms with Gasteiger partial charge in [0.25, 0.3) is 0 Å². The molecule has 3 radical (unpaired) electrons. The Morgan fingerprint density at radius 1 is 1.39 bits per heavy atom.